The lowest BCUT2D eigenvalue weighted by atomic mass is 9.90. The number of rotatable bonds is 2. The highest BCUT2D eigenvalue weighted by Gasteiger charge is 2.22. The number of carbonyl (C=O) groups excluding carboxylic acids is 1. The number of hydrogen-bond acceptors (Lipinski definition) is 4. The van der Waals surface area contributed by atoms with Gasteiger partial charge in [0.1, 0.15) is 0 Å². The summed E-state index contributed by atoms with van der Waals surface area (Å²) in [7, 11) is 0. The number of anilines is 1. The zero-order valence-corrected chi connectivity index (χ0v) is 13.9. The van der Waals surface area contributed by atoms with Crippen LogP contribution >= 0.6 is 15.9 Å². The van der Waals surface area contributed by atoms with E-state index in [1.807, 2.05) is 12.1 Å². The average Bonchev–Trinajstić information content (AvgIpc) is 3.01. The van der Waals surface area contributed by atoms with Gasteiger partial charge in [0.05, 0.1) is 5.56 Å². The minimum Gasteiger partial charge on any atom is -0.370 e. The Hall–Kier alpha value is -2.05. The van der Waals surface area contributed by atoms with Crippen molar-refractivity contribution < 1.29 is 14.5 Å². The molecule has 0 unspecified atom stereocenters. The fourth-order valence-corrected chi connectivity index (χ4v) is 3.57. The van der Waals surface area contributed by atoms with Crippen molar-refractivity contribution in [3.8, 4) is 11.5 Å². The van der Waals surface area contributed by atoms with Crippen LogP contribution in [-0.2, 0) is 12.8 Å². The van der Waals surface area contributed by atoms with Crippen LogP contribution in [0.4, 0.5) is 5.69 Å². The van der Waals surface area contributed by atoms with E-state index >= 15 is 0 Å². The molecule has 1 aliphatic heterocycles. The van der Waals surface area contributed by atoms with Crippen molar-refractivity contribution in [3.63, 3.8) is 0 Å². The van der Waals surface area contributed by atoms with Crippen LogP contribution in [0.15, 0.2) is 34.8 Å². The van der Waals surface area contributed by atoms with E-state index in [-0.39, 0.29) is 5.91 Å². The van der Waals surface area contributed by atoms with Crippen molar-refractivity contribution >= 4 is 27.5 Å². The summed E-state index contributed by atoms with van der Waals surface area (Å²) in [6.07, 6.45) is 4.47. The van der Waals surface area contributed by atoms with E-state index in [2.05, 4.69) is 33.0 Å². The number of fused-ring (bicyclic) bond motifs is 2. The van der Waals surface area contributed by atoms with Gasteiger partial charge in [-0.15, -0.1) is 0 Å². The average molecular weight is 375 g/mol. The van der Waals surface area contributed by atoms with Crippen molar-refractivity contribution in [1.82, 2.24) is 5.64 Å². The van der Waals surface area contributed by atoms with Crippen molar-refractivity contribution in [2.24, 2.45) is 0 Å². The normalized spacial score (nSPS) is 15.2. The maximum absolute atomic E-state index is 12.7. The van der Waals surface area contributed by atoms with E-state index in [4.69, 9.17) is 9.68 Å². The summed E-state index contributed by atoms with van der Waals surface area (Å²) in [6.45, 7) is 0. The Kier molecular flexibility index (Phi) is 3.71. The number of nitrogens with one attached hydrogen (secondary N) is 2. The summed E-state index contributed by atoms with van der Waals surface area (Å²) in [5.74, 6) is 0.869. The maximum atomic E-state index is 12.7. The van der Waals surface area contributed by atoms with E-state index in [9.17, 15) is 4.79 Å². The number of hydrogen-bond donors (Lipinski definition) is 2. The molecular formula is C17H15BrN2O3. The molecule has 0 radical (unpaired) electrons. The van der Waals surface area contributed by atoms with E-state index in [0.29, 0.717) is 21.5 Å². The zero-order chi connectivity index (χ0) is 15.8. The van der Waals surface area contributed by atoms with Gasteiger partial charge in [-0.2, -0.15) is 0 Å². The van der Waals surface area contributed by atoms with Crippen LogP contribution in [0.2, 0.25) is 0 Å². The van der Waals surface area contributed by atoms with Crippen molar-refractivity contribution in [1.29, 1.82) is 0 Å². The van der Waals surface area contributed by atoms with Gasteiger partial charge in [-0.05, 0) is 58.8 Å². The summed E-state index contributed by atoms with van der Waals surface area (Å²) >= 11 is 3.41. The van der Waals surface area contributed by atoms with Gasteiger partial charge in [-0.3, -0.25) is 4.79 Å². The van der Waals surface area contributed by atoms with Crippen molar-refractivity contribution in [2.75, 3.05) is 5.32 Å². The number of halogens is 1. The first-order chi connectivity index (χ1) is 11.2. The highest BCUT2D eigenvalue weighted by molar-refractivity contribution is 9.10. The summed E-state index contributed by atoms with van der Waals surface area (Å²) in [5.41, 5.74) is 6.31. The van der Waals surface area contributed by atoms with Gasteiger partial charge in [-0.25, -0.2) is 0 Å². The molecule has 0 saturated carbocycles. The van der Waals surface area contributed by atoms with Gasteiger partial charge in [-0.1, -0.05) is 12.1 Å². The van der Waals surface area contributed by atoms with Gasteiger partial charge < -0.3 is 15.0 Å². The Morgan fingerprint density at radius 1 is 1.13 bits per heavy atom. The third kappa shape index (κ3) is 2.68. The highest BCUT2D eigenvalue weighted by atomic mass is 79.9. The van der Waals surface area contributed by atoms with E-state index in [1.165, 1.54) is 24.0 Å². The Bertz CT molecular complexity index is 792. The SMILES string of the molecule is O=C(Nc1cccc2c1CCCC2)c1cc2c(cc1Br)ONO2. The van der Waals surface area contributed by atoms with Gasteiger partial charge in [0.2, 0.25) is 0 Å². The monoisotopic (exact) mass is 374 g/mol. The standard InChI is InChI=1S/C17H15BrN2O3/c18-13-9-16-15(22-20-23-16)8-12(13)17(21)19-14-7-3-5-10-4-1-2-6-11(10)14/h3,5,7-9,20H,1-2,4,6H2,(H,19,21). The van der Waals surface area contributed by atoms with E-state index in [0.717, 1.165) is 18.5 Å². The summed E-state index contributed by atoms with van der Waals surface area (Å²) in [4.78, 5) is 22.8. The fourth-order valence-electron chi connectivity index (χ4n) is 3.07. The van der Waals surface area contributed by atoms with E-state index < -0.39 is 0 Å². The van der Waals surface area contributed by atoms with Crippen LogP contribution in [0.25, 0.3) is 0 Å². The largest absolute Gasteiger partial charge is 0.370 e. The van der Waals surface area contributed by atoms with Gasteiger partial charge in [0.15, 0.2) is 11.5 Å². The minimum atomic E-state index is -0.172. The lowest BCUT2D eigenvalue weighted by Gasteiger charge is -2.19. The maximum Gasteiger partial charge on any atom is 0.256 e. The van der Waals surface area contributed by atoms with Crippen LogP contribution in [0, 0.1) is 0 Å². The topological polar surface area (TPSA) is 59.6 Å². The quantitative estimate of drug-likeness (QED) is 0.839. The lowest BCUT2D eigenvalue weighted by Crippen LogP contribution is -2.16. The van der Waals surface area contributed by atoms with Crippen LogP contribution in [0.5, 0.6) is 11.5 Å². The Morgan fingerprint density at radius 3 is 2.78 bits per heavy atom. The smallest absolute Gasteiger partial charge is 0.256 e. The molecule has 2 aromatic rings. The second-order valence-corrected chi connectivity index (χ2v) is 6.53. The molecule has 2 aliphatic rings. The molecule has 6 heteroatoms. The fraction of sp³-hybridized carbons (Fsp3) is 0.235. The molecule has 0 bridgehead atoms. The van der Waals surface area contributed by atoms with Crippen LogP contribution in [0.3, 0.4) is 0 Å². The molecule has 1 heterocycles. The molecule has 0 atom stereocenters. The Morgan fingerprint density at radius 2 is 1.91 bits per heavy atom. The predicted molar refractivity (Wildman–Crippen MR) is 89.6 cm³/mol. The third-order valence-electron chi connectivity index (χ3n) is 4.23. The Labute approximate surface area is 142 Å². The molecule has 0 saturated heterocycles. The first-order valence-electron chi connectivity index (χ1n) is 7.57. The minimum absolute atomic E-state index is 0.172. The number of benzene rings is 2. The van der Waals surface area contributed by atoms with Crippen molar-refractivity contribution in [2.45, 2.75) is 25.7 Å². The predicted octanol–water partition coefficient (Wildman–Crippen LogP) is 3.77. The van der Waals surface area contributed by atoms with Crippen LogP contribution < -0.4 is 20.6 Å². The molecule has 4 rings (SSSR count). The number of carbonyl (C=O) groups is 1. The van der Waals surface area contributed by atoms with Crippen LogP contribution in [0.1, 0.15) is 34.3 Å². The zero-order valence-electron chi connectivity index (χ0n) is 12.3. The number of amides is 1. The molecule has 118 valence electrons. The molecule has 1 aliphatic carbocycles. The molecule has 0 fully saturated rings. The van der Waals surface area contributed by atoms with Gasteiger partial charge in [0.25, 0.3) is 5.91 Å². The first-order valence-corrected chi connectivity index (χ1v) is 8.36. The third-order valence-corrected chi connectivity index (χ3v) is 4.88. The van der Waals surface area contributed by atoms with Crippen molar-refractivity contribution in [3.05, 3.63) is 51.5 Å². The number of aryl methyl sites for hydroxylation is 1. The molecule has 2 N–H and O–H groups in total. The Balaban J connectivity index is 1.64. The highest BCUT2D eigenvalue weighted by Crippen LogP contribution is 2.36. The van der Waals surface area contributed by atoms with Gasteiger partial charge >= 0.3 is 0 Å². The van der Waals surface area contributed by atoms with E-state index in [1.54, 1.807) is 12.1 Å². The lowest BCUT2D eigenvalue weighted by molar-refractivity contribution is 0.0259. The molecule has 1 amide bonds. The first kappa shape index (κ1) is 14.5. The molecule has 23 heavy (non-hydrogen) atoms. The molecule has 5 nitrogen and oxygen atoms in total. The molecule has 0 aromatic heterocycles. The van der Waals surface area contributed by atoms with Gasteiger partial charge in [0, 0.05) is 27.9 Å². The van der Waals surface area contributed by atoms with Crippen LogP contribution in [-0.4, -0.2) is 5.91 Å². The summed E-state index contributed by atoms with van der Waals surface area (Å²) in [6, 6.07) is 9.48. The second kappa shape index (κ2) is 5.86. The summed E-state index contributed by atoms with van der Waals surface area (Å²) < 4.78 is 0.658. The summed E-state index contributed by atoms with van der Waals surface area (Å²) in [5, 5.41) is 3.03. The second-order valence-electron chi connectivity index (χ2n) is 5.67. The molecule has 0 spiro atoms. The molecular weight excluding hydrogens is 360 g/mol. The molecule has 2 aromatic carbocycles.